The summed E-state index contributed by atoms with van der Waals surface area (Å²) in [5.74, 6) is 0. The zero-order valence-electron chi connectivity index (χ0n) is 25.7. The van der Waals surface area contributed by atoms with Crippen molar-refractivity contribution in [3.05, 3.63) is 27.2 Å². The van der Waals surface area contributed by atoms with Gasteiger partial charge in [0.15, 0.2) is 11.2 Å². The van der Waals surface area contributed by atoms with Crippen molar-refractivity contribution >= 4 is 11.2 Å². The van der Waals surface area contributed by atoms with Crippen LogP contribution in [0.4, 0.5) is 0 Å². The molecule has 2 heterocycles. The van der Waals surface area contributed by atoms with E-state index in [9.17, 15) is 9.59 Å². The standard InChI is InChI=1S/C13H20N4O2/c1-4-5-6-7-8-17-12(18)10-11(14-9-15(10)2)16(3)13(17)19/h9H,4-8H2,1-3H3/i1D3,3D3,4D2,5D2,6D2,7D2,8D2. The van der Waals surface area contributed by atoms with Gasteiger partial charge in [-0.05, 0) is 6.37 Å². The van der Waals surface area contributed by atoms with E-state index in [1.165, 1.54) is 7.05 Å². The van der Waals surface area contributed by atoms with Crippen molar-refractivity contribution < 1.29 is 21.9 Å². The molecule has 0 saturated heterocycles. The first kappa shape index (κ1) is 3.84. The molecule has 6 heteroatoms. The zero-order valence-corrected chi connectivity index (χ0v) is 9.68. The van der Waals surface area contributed by atoms with Crippen molar-refractivity contribution in [1.82, 2.24) is 18.7 Å². The molecular weight excluding hydrogens is 244 g/mol. The molecule has 2 rings (SSSR count). The van der Waals surface area contributed by atoms with Gasteiger partial charge in [-0.25, -0.2) is 9.78 Å². The van der Waals surface area contributed by atoms with E-state index < -0.39 is 72.8 Å². The summed E-state index contributed by atoms with van der Waals surface area (Å²) in [5, 5.41) is 0. The van der Waals surface area contributed by atoms with Crippen LogP contribution in [0.5, 0.6) is 0 Å². The van der Waals surface area contributed by atoms with Crippen molar-refractivity contribution in [2.24, 2.45) is 14.0 Å². The second-order valence-corrected chi connectivity index (χ2v) is 3.40. The molecule has 2 aromatic heterocycles. The number of rotatable bonds is 5. The Balaban J connectivity index is 3.00. The van der Waals surface area contributed by atoms with Crippen LogP contribution in [0.2, 0.25) is 0 Å². The first-order valence-electron chi connectivity index (χ1n) is 12.9. The van der Waals surface area contributed by atoms with Gasteiger partial charge in [-0.15, -0.1) is 0 Å². The second kappa shape index (κ2) is 5.42. The summed E-state index contributed by atoms with van der Waals surface area (Å²) in [6, 6.07) is 0. The second-order valence-electron chi connectivity index (χ2n) is 3.40. The monoisotopic (exact) mass is 280 g/mol. The fourth-order valence-electron chi connectivity index (χ4n) is 1.46. The highest BCUT2D eigenvalue weighted by Gasteiger charge is 2.14. The van der Waals surface area contributed by atoms with Gasteiger partial charge in [-0.3, -0.25) is 13.9 Å². The highest BCUT2D eigenvalue weighted by Crippen LogP contribution is 2.04. The minimum Gasteiger partial charge on any atom is -0.328 e. The molecule has 0 amide bonds. The lowest BCUT2D eigenvalue weighted by Crippen LogP contribution is -2.39. The summed E-state index contributed by atoms with van der Waals surface area (Å²) >= 11 is 0. The molecule has 0 unspecified atom stereocenters. The Labute approximate surface area is 133 Å². The van der Waals surface area contributed by atoms with Crippen LogP contribution in [-0.2, 0) is 20.5 Å². The highest BCUT2D eigenvalue weighted by molar-refractivity contribution is 5.69. The smallest absolute Gasteiger partial charge is 0.328 e. The number of hydrogen-bond acceptors (Lipinski definition) is 3. The first-order chi connectivity index (χ1) is 15.2. The average Bonchev–Trinajstić information content (AvgIpc) is 3.00. The zero-order chi connectivity index (χ0) is 28.0. The van der Waals surface area contributed by atoms with E-state index in [0.717, 1.165) is 10.9 Å². The average molecular weight is 280 g/mol. The van der Waals surface area contributed by atoms with Crippen molar-refractivity contribution in [3.63, 3.8) is 0 Å². The van der Waals surface area contributed by atoms with Gasteiger partial charge in [-0.2, -0.15) is 0 Å². The minimum atomic E-state index is -4.36. The fraction of sp³-hybridized carbons (Fsp3) is 0.615. The molecule has 0 aliphatic heterocycles. The van der Waals surface area contributed by atoms with E-state index >= 15 is 0 Å². The molecule has 0 aliphatic rings. The van der Waals surface area contributed by atoms with E-state index in [4.69, 9.17) is 21.9 Å². The Bertz CT molecular complexity index is 1260. The van der Waals surface area contributed by atoms with Crippen molar-refractivity contribution in [3.8, 4) is 0 Å². The molecule has 0 aliphatic carbocycles. The Morgan fingerprint density at radius 1 is 1.37 bits per heavy atom. The molecule has 2 aromatic rings. The molecule has 19 heavy (non-hydrogen) atoms. The van der Waals surface area contributed by atoms with Gasteiger partial charge in [-0.1, -0.05) is 26.0 Å². The SMILES string of the molecule is [2H]C([2H])([2H])n1c(=O)n(C([2H])([2H])C([2H])([2H])C([2H])([2H])C([2H])([2H])C([2H])([2H])C([2H])([2H])[2H])c(=O)c2c1ncn2C. The van der Waals surface area contributed by atoms with Gasteiger partial charge in [0.2, 0.25) is 0 Å². The molecular formula is C13H20N4O2. The Hall–Kier alpha value is -1.85. The fourth-order valence-corrected chi connectivity index (χ4v) is 1.46. The van der Waals surface area contributed by atoms with E-state index in [-0.39, 0.29) is 4.57 Å². The number of fused-ring (bicyclic) bond motifs is 1. The molecule has 0 aromatic carbocycles. The molecule has 0 saturated carbocycles. The third-order valence-corrected chi connectivity index (χ3v) is 2.27. The number of aryl methyl sites for hydroxylation is 2. The third-order valence-electron chi connectivity index (χ3n) is 2.27. The molecule has 0 radical (unpaired) electrons. The van der Waals surface area contributed by atoms with Gasteiger partial charge >= 0.3 is 5.69 Å². The van der Waals surface area contributed by atoms with Crippen molar-refractivity contribution in [2.45, 2.75) is 38.8 Å². The predicted octanol–water partition coefficient (Wildman–Crippen LogP) is 1.01. The summed E-state index contributed by atoms with van der Waals surface area (Å²) in [6.45, 7) is -11.4. The van der Waals surface area contributed by atoms with Gasteiger partial charge in [0, 0.05) is 39.7 Å². The van der Waals surface area contributed by atoms with Gasteiger partial charge in [0.25, 0.3) is 5.56 Å². The minimum absolute atomic E-state index is 0.108. The maximum absolute atomic E-state index is 13.1. The van der Waals surface area contributed by atoms with Crippen LogP contribution in [0.3, 0.4) is 0 Å². The molecule has 0 atom stereocenters. The maximum atomic E-state index is 13.1. The Kier molecular flexibility index (Phi) is 1.09. The summed E-state index contributed by atoms with van der Waals surface area (Å²) in [7, 11) is 1.17. The van der Waals surface area contributed by atoms with E-state index in [1.54, 1.807) is 0 Å². The summed E-state index contributed by atoms with van der Waals surface area (Å²) in [6.07, 6.45) is -16.2. The molecule has 0 N–H and O–H groups in total. The molecule has 0 spiro atoms. The Morgan fingerprint density at radius 3 is 2.95 bits per heavy atom. The molecule has 6 nitrogen and oxygen atoms in total. The number of nitrogens with zero attached hydrogens (tertiary/aromatic N) is 4. The quantitative estimate of drug-likeness (QED) is 0.821. The predicted molar refractivity (Wildman–Crippen MR) is 74.4 cm³/mol. The summed E-state index contributed by atoms with van der Waals surface area (Å²) < 4.78 is 124. The molecule has 0 fully saturated rings. The first-order valence-corrected chi connectivity index (χ1v) is 4.91. The van der Waals surface area contributed by atoms with Crippen LogP contribution in [0, 0.1) is 0 Å². The molecule has 0 bridgehead atoms. The van der Waals surface area contributed by atoms with Crippen LogP contribution in [0.1, 0.15) is 54.3 Å². The number of imidazole rings is 1. The van der Waals surface area contributed by atoms with Crippen LogP contribution in [0.15, 0.2) is 15.9 Å². The van der Waals surface area contributed by atoms with Crippen LogP contribution >= 0.6 is 0 Å². The third kappa shape index (κ3) is 2.34. The number of aromatic nitrogens is 4. The van der Waals surface area contributed by atoms with Gasteiger partial charge in [0.05, 0.1) is 9.07 Å². The summed E-state index contributed by atoms with van der Waals surface area (Å²) in [4.78, 5) is 29.7. The van der Waals surface area contributed by atoms with Crippen molar-refractivity contribution in [1.29, 1.82) is 0 Å². The molecule has 104 valence electrons. The lowest BCUT2D eigenvalue weighted by molar-refractivity contribution is 0.539. The van der Waals surface area contributed by atoms with E-state index in [1.807, 2.05) is 0 Å². The van der Waals surface area contributed by atoms with Crippen LogP contribution < -0.4 is 11.2 Å². The van der Waals surface area contributed by atoms with E-state index in [2.05, 4.69) is 4.98 Å². The summed E-state index contributed by atoms with van der Waals surface area (Å²) in [5.41, 5.74) is -5.03. The normalized spacial score (nSPS) is 28.9. The van der Waals surface area contributed by atoms with Gasteiger partial charge < -0.3 is 4.57 Å². The highest BCUT2D eigenvalue weighted by atomic mass is 16.2. The Morgan fingerprint density at radius 2 is 2.21 bits per heavy atom. The van der Waals surface area contributed by atoms with E-state index in [0.29, 0.717) is 0 Å². The van der Waals surface area contributed by atoms with Crippen LogP contribution in [0.25, 0.3) is 11.2 Å². The van der Waals surface area contributed by atoms with Crippen molar-refractivity contribution in [2.75, 3.05) is 0 Å². The van der Waals surface area contributed by atoms with Crippen LogP contribution in [-0.4, -0.2) is 18.7 Å². The topological polar surface area (TPSA) is 61.8 Å². The number of hydrogen-bond donors (Lipinski definition) is 0. The maximum Gasteiger partial charge on any atom is 0.332 e. The largest absolute Gasteiger partial charge is 0.332 e. The lowest BCUT2D eigenvalue weighted by Gasteiger charge is -2.08. The lowest BCUT2D eigenvalue weighted by atomic mass is 10.2. The van der Waals surface area contributed by atoms with Gasteiger partial charge in [0.1, 0.15) is 0 Å².